The molecule has 1 radical (unpaired) electrons. The molecule has 2 unspecified atom stereocenters. The summed E-state index contributed by atoms with van der Waals surface area (Å²) in [5.41, 5.74) is 1.83. The van der Waals surface area contributed by atoms with Gasteiger partial charge in [-0.2, -0.15) is 0 Å². The van der Waals surface area contributed by atoms with Crippen LogP contribution in [0.3, 0.4) is 0 Å². The first-order valence-electron chi connectivity index (χ1n) is 9.42. The Kier molecular flexibility index (Phi) is 11.6. The van der Waals surface area contributed by atoms with Crippen LogP contribution in [0.25, 0.3) is 11.4 Å². The van der Waals surface area contributed by atoms with Crippen molar-refractivity contribution in [2.24, 2.45) is 0 Å². The Morgan fingerprint density at radius 3 is 1.21 bits per heavy atom. The topological polar surface area (TPSA) is 139 Å². The minimum absolute atomic E-state index is 0. The molecular formula is C23H23CuN2O5P2+. The van der Waals surface area contributed by atoms with E-state index >= 15 is 0 Å². The standard InChI is InChI=1S/C13H14O4P2.C10H8N2.Cu.H2O/c14-18(15,12-7-3-1-4-8-12)11-19(16,17)13-9-5-2-6-10-13;1-3-7-11-9(5-1)10-6-2-4-8-12-10;;/h1-10H,11H2,(H,14,15)(H,16,17);1-8H;;1H2/q;;+2;/p-1. The van der Waals surface area contributed by atoms with Crippen molar-refractivity contribution >= 4 is 25.3 Å². The second kappa shape index (κ2) is 13.3. The fourth-order valence-corrected chi connectivity index (χ4v) is 7.27. The molecule has 2 aromatic heterocycles. The maximum absolute atomic E-state index is 12.1. The van der Waals surface area contributed by atoms with Gasteiger partial charge < -0.3 is 24.4 Å². The van der Waals surface area contributed by atoms with Crippen LogP contribution < -0.4 is 20.4 Å². The minimum atomic E-state index is -4.16. The average molecular weight is 533 g/mol. The molecule has 0 amide bonds. The molecular weight excluding hydrogens is 510 g/mol. The molecule has 0 saturated heterocycles. The van der Waals surface area contributed by atoms with Crippen molar-refractivity contribution < 1.29 is 41.5 Å². The predicted octanol–water partition coefficient (Wildman–Crippen LogP) is 2.09. The summed E-state index contributed by atoms with van der Waals surface area (Å²) in [6, 6.07) is 26.8. The number of benzene rings is 2. The van der Waals surface area contributed by atoms with Crippen molar-refractivity contribution in [1.29, 1.82) is 0 Å². The van der Waals surface area contributed by atoms with Gasteiger partial charge in [0.2, 0.25) is 0 Å². The first-order valence-corrected chi connectivity index (χ1v) is 13.0. The van der Waals surface area contributed by atoms with E-state index in [2.05, 4.69) is 9.97 Å². The third-order valence-corrected chi connectivity index (χ3v) is 9.41. The van der Waals surface area contributed by atoms with Crippen LogP contribution in [0.1, 0.15) is 0 Å². The number of hydrogen-bond donors (Lipinski definition) is 0. The molecule has 33 heavy (non-hydrogen) atoms. The molecule has 2 aromatic carbocycles. The van der Waals surface area contributed by atoms with E-state index < -0.39 is 20.6 Å². The van der Waals surface area contributed by atoms with Gasteiger partial charge in [0.1, 0.15) is 0 Å². The number of nitrogens with zero attached hydrogens (tertiary/aromatic N) is 2. The van der Waals surface area contributed by atoms with E-state index in [1.807, 2.05) is 36.4 Å². The molecule has 0 saturated carbocycles. The zero-order chi connectivity index (χ0) is 22.2. The normalized spacial score (nSPS) is 13.5. The average Bonchev–Trinajstić information content (AvgIpc) is 2.81. The van der Waals surface area contributed by atoms with Gasteiger partial charge in [-0.05, 0) is 34.9 Å². The molecule has 4 rings (SSSR count). The van der Waals surface area contributed by atoms with E-state index in [1.165, 1.54) is 24.3 Å². The third-order valence-electron chi connectivity index (χ3n) is 4.26. The summed E-state index contributed by atoms with van der Waals surface area (Å²) in [5, 5.41) is 0.0870. The van der Waals surface area contributed by atoms with Gasteiger partial charge in [-0.15, -0.1) is 0 Å². The van der Waals surface area contributed by atoms with Gasteiger partial charge in [0.25, 0.3) is 0 Å². The molecule has 7 nitrogen and oxygen atoms in total. The van der Waals surface area contributed by atoms with Crippen molar-refractivity contribution in [3.8, 4) is 11.4 Å². The van der Waals surface area contributed by atoms with E-state index in [0.29, 0.717) is 0 Å². The largest absolute Gasteiger partial charge is 2.00 e. The number of rotatable bonds is 5. The van der Waals surface area contributed by atoms with E-state index in [1.54, 1.807) is 48.8 Å². The van der Waals surface area contributed by atoms with Gasteiger partial charge in [-0.3, -0.25) is 9.97 Å². The molecule has 0 fully saturated rings. The van der Waals surface area contributed by atoms with Crippen LogP contribution in [0.15, 0.2) is 109 Å². The smallest absolute Gasteiger partial charge is 0.796 e. The summed E-state index contributed by atoms with van der Waals surface area (Å²) in [4.78, 5) is 32.5. The van der Waals surface area contributed by atoms with E-state index in [9.17, 15) is 18.9 Å². The molecule has 0 bridgehead atoms. The van der Waals surface area contributed by atoms with Gasteiger partial charge >= 0.3 is 17.1 Å². The Bertz CT molecular complexity index is 1090. The third kappa shape index (κ3) is 8.47. The summed E-state index contributed by atoms with van der Waals surface area (Å²) in [6.07, 6.45) is 3.54. The molecule has 10 heteroatoms. The molecule has 3 N–H and O–H groups in total. The Morgan fingerprint density at radius 2 is 0.909 bits per heavy atom. The van der Waals surface area contributed by atoms with Crippen LogP contribution in [0, 0.1) is 0 Å². The molecule has 2 heterocycles. The van der Waals surface area contributed by atoms with Crippen molar-refractivity contribution in [3.05, 3.63) is 109 Å². The van der Waals surface area contributed by atoms with Gasteiger partial charge in [0, 0.05) is 33.0 Å². The summed E-state index contributed by atoms with van der Waals surface area (Å²) in [6.45, 7) is 0. The van der Waals surface area contributed by atoms with Gasteiger partial charge in [0.05, 0.1) is 11.4 Å². The van der Waals surface area contributed by atoms with Crippen LogP contribution in [0.4, 0.5) is 0 Å². The first kappa shape index (κ1) is 28.6. The molecule has 0 aliphatic heterocycles. The Labute approximate surface area is 203 Å². The SMILES string of the molecule is O=P([O-])(CP(=O)([O-])c1ccccc1)c1ccccc1.[Cu+2].[OH3+].c1ccc(-c2ccccn2)nc1. The van der Waals surface area contributed by atoms with Crippen LogP contribution in [0.5, 0.6) is 0 Å². The van der Waals surface area contributed by atoms with Crippen molar-refractivity contribution in [3.63, 3.8) is 0 Å². The molecule has 4 aromatic rings. The van der Waals surface area contributed by atoms with Crippen LogP contribution in [0.2, 0.25) is 0 Å². The van der Waals surface area contributed by atoms with Crippen molar-refractivity contribution in [1.82, 2.24) is 9.97 Å². The Hall–Kier alpha value is -2.40. The quantitative estimate of drug-likeness (QED) is 0.219. The number of aromatic nitrogens is 2. The van der Waals surface area contributed by atoms with E-state index in [0.717, 1.165) is 11.4 Å². The molecule has 0 aliphatic carbocycles. The molecule has 2 atom stereocenters. The maximum Gasteiger partial charge on any atom is 2.00 e. The Balaban J connectivity index is 0.000000338. The molecule has 0 spiro atoms. The van der Waals surface area contributed by atoms with Crippen LogP contribution in [-0.4, -0.2) is 15.9 Å². The molecule has 0 aliphatic rings. The summed E-state index contributed by atoms with van der Waals surface area (Å²) < 4.78 is 24.2. The second-order valence-electron chi connectivity index (χ2n) is 6.59. The van der Waals surface area contributed by atoms with Crippen LogP contribution >= 0.6 is 14.7 Å². The van der Waals surface area contributed by atoms with E-state index in [-0.39, 0.29) is 33.2 Å². The predicted molar refractivity (Wildman–Crippen MR) is 125 cm³/mol. The van der Waals surface area contributed by atoms with Crippen molar-refractivity contribution in [2.75, 3.05) is 5.90 Å². The van der Waals surface area contributed by atoms with Gasteiger partial charge in [0.15, 0.2) is 0 Å². The van der Waals surface area contributed by atoms with Crippen LogP contribution in [-0.2, 0) is 31.7 Å². The molecule has 175 valence electrons. The maximum atomic E-state index is 12.1. The number of hydrogen-bond acceptors (Lipinski definition) is 6. The number of pyridine rings is 2. The minimum Gasteiger partial charge on any atom is -0.796 e. The van der Waals surface area contributed by atoms with Crippen molar-refractivity contribution in [2.45, 2.75) is 0 Å². The second-order valence-corrected chi connectivity index (χ2v) is 11.4. The summed E-state index contributed by atoms with van der Waals surface area (Å²) in [5.74, 6) is -0.867. The zero-order valence-corrected chi connectivity index (χ0v) is 20.1. The first-order chi connectivity index (χ1) is 14.9. The zero-order valence-electron chi connectivity index (χ0n) is 17.4. The summed E-state index contributed by atoms with van der Waals surface area (Å²) in [7, 11) is -8.31. The fourth-order valence-electron chi connectivity index (χ4n) is 2.75. The monoisotopic (exact) mass is 532 g/mol. The summed E-state index contributed by atoms with van der Waals surface area (Å²) >= 11 is 0. The fraction of sp³-hybridized carbons (Fsp3) is 0.0435. The van der Waals surface area contributed by atoms with Gasteiger partial charge in [-0.25, -0.2) is 0 Å². The van der Waals surface area contributed by atoms with E-state index in [4.69, 9.17) is 0 Å². The Morgan fingerprint density at radius 1 is 0.576 bits per heavy atom. The van der Waals surface area contributed by atoms with Gasteiger partial charge in [-0.1, -0.05) is 72.8 Å².